The molecule has 0 N–H and O–H groups in total. The summed E-state index contributed by atoms with van der Waals surface area (Å²) < 4.78 is 11.8. The number of ketones is 2. The molecule has 2 amide bonds. The molecule has 0 bridgehead atoms. The molecule has 2 saturated heterocycles. The second-order valence-electron chi connectivity index (χ2n) is 9.33. The van der Waals surface area contributed by atoms with E-state index in [4.69, 9.17) is 9.47 Å². The fourth-order valence-corrected chi connectivity index (χ4v) is 5.69. The maximum absolute atomic E-state index is 13.9. The maximum Gasteiger partial charge on any atom is 0.241 e. The zero-order valence-electron chi connectivity index (χ0n) is 19.8. The van der Waals surface area contributed by atoms with Gasteiger partial charge in [0.05, 0.1) is 30.2 Å². The van der Waals surface area contributed by atoms with Crippen molar-refractivity contribution < 1.29 is 28.7 Å². The first-order chi connectivity index (χ1) is 17.4. The molecule has 3 aromatic carbocycles. The summed E-state index contributed by atoms with van der Waals surface area (Å²) in [7, 11) is 0. The topological polar surface area (TPSA) is 90.0 Å². The monoisotopic (exact) mass is 481 g/mol. The molecular formula is C29H23NO6. The van der Waals surface area contributed by atoms with Crippen molar-refractivity contribution in [2.24, 2.45) is 11.8 Å². The minimum Gasteiger partial charge on any atom is -0.494 e. The van der Waals surface area contributed by atoms with Gasteiger partial charge in [0.2, 0.25) is 29.0 Å². The molecule has 7 nitrogen and oxygen atoms in total. The van der Waals surface area contributed by atoms with Gasteiger partial charge < -0.3 is 9.47 Å². The van der Waals surface area contributed by atoms with Crippen LogP contribution in [0.1, 0.15) is 44.9 Å². The zero-order chi connectivity index (χ0) is 25.2. The van der Waals surface area contributed by atoms with Crippen molar-refractivity contribution >= 4 is 29.1 Å². The lowest BCUT2D eigenvalue weighted by atomic mass is 9.77. The van der Waals surface area contributed by atoms with Crippen LogP contribution in [0.5, 0.6) is 5.75 Å². The number of ether oxygens (including phenoxy) is 2. The van der Waals surface area contributed by atoms with Gasteiger partial charge in [-0.05, 0) is 43.7 Å². The number of hydrogen-bond acceptors (Lipinski definition) is 6. The Bertz CT molecular complexity index is 1390. The predicted octanol–water partition coefficient (Wildman–Crippen LogP) is 4.09. The predicted molar refractivity (Wildman–Crippen MR) is 130 cm³/mol. The molecule has 2 fully saturated rings. The molecule has 1 spiro atoms. The minimum absolute atomic E-state index is 0.213. The Balaban J connectivity index is 1.49. The first-order valence-electron chi connectivity index (χ1n) is 11.9. The molecule has 2 aliphatic heterocycles. The van der Waals surface area contributed by atoms with E-state index in [9.17, 15) is 19.2 Å². The Kier molecular flexibility index (Phi) is 4.95. The van der Waals surface area contributed by atoms with E-state index in [1.807, 2.05) is 38.1 Å². The van der Waals surface area contributed by atoms with Gasteiger partial charge in [0.25, 0.3) is 0 Å². The molecule has 6 rings (SSSR count). The van der Waals surface area contributed by atoms with Gasteiger partial charge >= 0.3 is 0 Å². The fraction of sp³-hybridized carbons (Fsp3) is 0.241. The van der Waals surface area contributed by atoms with Gasteiger partial charge in [-0.25, -0.2) is 4.90 Å². The van der Waals surface area contributed by atoms with Gasteiger partial charge in [-0.2, -0.15) is 0 Å². The highest BCUT2D eigenvalue weighted by Gasteiger charge is 2.74. The Morgan fingerprint density at radius 3 is 2.03 bits per heavy atom. The van der Waals surface area contributed by atoms with E-state index in [0.717, 1.165) is 10.5 Å². The Morgan fingerprint density at radius 2 is 1.44 bits per heavy atom. The summed E-state index contributed by atoms with van der Waals surface area (Å²) >= 11 is 0. The van der Waals surface area contributed by atoms with Gasteiger partial charge in [-0.15, -0.1) is 0 Å². The second kappa shape index (κ2) is 7.96. The van der Waals surface area contributed by atoms with Crippen LogP contribution in [0.15, 0.2) is 72.8 Å². The summed E-state index contributed by atoms with van der Waals surface area (Å²) in [6, 6.07) is 20.4. The van der Waals surface area contributed by atoms with Gasteiger partial charge in [-0.1, -0.05) is 54.1 Å². The van der Waals surface area contributed by atoms with Crippen LogP contribution in [0, 0.1) is 18.8 Å². The van der Waals surface area contributed by atoms with Crippen LogP contribution < -0.4 is 9.64 Å². The number of nitrogens with zero attached hydrogens (tertiary/aromatic N) is 1. The third kappa shape index (κ3) is 2.89. The summed E-state index contributed by atoms with van der Waals surface area (Å²) in [5.74, 6) is -3.92. The van der Waals surface area contributed by atoms with E-state index in [1.165, 1.54) is 0 Å². The van der Waals surface area contributed by atoms with Crippen LogP contribution in [0.3, 0.4) is 0 Å². The van der Waals surface area contributed by atoms with Crippen molar-refractivity contribution in [2.75, 3.05) is 11.5 Å². The van der Waals surface area contributed by atoms with Crippen molar-refractivity contribution in [1.82, 2.24) is 0 Å². The normalized spacial score (nSPS) is 23.9. The lowest BCUT2D eigenvalue weighted by Gasteiger charge is -2.27. The van der Waals surface area contributed by atoms with Gasteiger partial charge in [0, 0.05) is 11.1 Å². The number of aryl methyl sites for hydroxylation is 1. The van der Waals surface area contributed by atoms with Crippen LogP contribution in [-0.2, 0) is 14.3 Å². The molecule has 0 radical (unpaired) electrons. The van der Waals surface area contributed by atoms with Crippen molar-refractivity contribution in [2.45, 2.75) is 25.6 Å². The summed E-state index contributed by atoms with van der Waals surface area (Å²) in [5, 5.41) is 0. The molecule has 3 aliphatic rings. The molecule has 3 atom stereocenters. The smallest absolute Gasteiger partial charge is 0.241 e. The van der Waals surface area contributed by atoms with E-state index in [1.54, 1.807) is 48.5 Å². The second-order valence-corrected chi connectivity index (χ2v) is 9.33. The van der Waals surface area contributed by atoms with Crippen molar-refractivity contribution in [3.8, 4) is 5.75 Å². The Labute approximate surface area is 207 Å². The average Bonchev–Trinajstić information content (AvgIpc) is 3.45. The molecule has 1 aliphatic carbocycles. The molecule has 2 heterocycles. The number of carbonyl (C=O) groups excluding carboxylic acids is 4. The van der Waals surface area contributed by atoms with Gasteiger partial charge in [0.15, 0.2) is 0 Å². The number of imide groups is 1. The number of anilines is 1. The zero-order valence-corrected chi connectivity index (χ0v) is 19.8. The lowest BCUT2D eigenvalue weighted by Crippen LogP contribution is -2.51. The Hall–Kier alpha value is -4.10. The van der Waals surface area contributed by atoms with E-state index < -0.39 is 46.9 Å². The summed E-state index contributed by atoms with van der Waals surface area (Å²) in [5.41, 5.74) is 0.357. The van der Waals surface area contributed by atoms with Crippen LogP contribution in [-0.4, -0.2) is 35.6 Å². The average molecular weight is 482 g/mol. The highest BCUT2D eigenvalue weighted by molar-refractivity contribution is 6.37. The first kappa shape index (κ1) is 22.4. The van der Waals surface area contributed by atoms with Crippen molar-refractivity contribution in [3.05, 3.63) is 95.1 Å². The third-order valence-corrected chi connectivity index (χ3v) is 7.33. The van der Waals surface area contributed by atoms with Gasteiger partial charge in [0.1, 0.15) is 5.75 Å². The fourth-order valence-electron chi connectivity index (χ4n) is 5.69. The number of carbonyl (C=O) groups is 4. The quantitative estimate of drug-likeness (QED) is 0.412. The van der Waals surface area contributed by atoms with E-state index in [0.29, 0.717) is 23.6 Å². The number of hydrogen-bond donors (Lipinski definition) is 0. The van der Waals surface area contributed by atoms with E-state index >= 15 is 0 Å². The first-order valence-corrected chi connectivity index (χ1v) is 11.9. The standard InChI is InChI=1S/C29H23NO6/c1-3-35-19-14-12-18(13-15-19)30-27(33)22-23(28(30)34)29(36-24(22)17-10-8-16(2)9-11-17)25(31)20-6-4-5-7-21(20)26(29)32/h4-15,22-24H,3H2,1-2H3. The number of rotatable bonds is 4. The number of amides is 2. The van der Waals surface area contributed by atoms with E-state index in [2.05, 4.69) is 0 Å². The molecule has 0 aromatic heterocycles. The summed E-state index contributed by atoms with van der Waals surface area (Å²) in [4.78, 5) is 56.4. The molecular weight excluding hydrogens is 458 g/mol. The lowest BCUT2D eigenvalue weighted by molar-refractivity contribution is -0.127. The van der Waals surface area contributed by atoms with Crippen LogP contribution in [0.4, 0.5) is 5.69 Å². The highest BCUT2D eigenvalue weighted by atomic mass is 16.5. The van der Waals surface area contributed by atoms with Crippen LogP contribution in [0.25, 0.3) is 0 Å². The van der Waals surface area contributed by atoms with Crippen LogP contribution in [0.2, 0.25) is 0 Å². The molecule has 36 heavy (non-hydrogen) atoms. The molecule has 180 valence electrons. The minimum atomic E-state index is -2.07. The largest absolute Gasteiger partial charge is 0.494 e. The molecule has 3 aromatic rings. The Morgan fingerprint density at radius 1 is 0.833 bits per heavy atom. The third-order valence-electron chi connectivity index (χ3n) is 7.33. The molecule has 7 heteroatoms. The number of Topliss-reactive ketones (excluding diaryl/α,β-unsaturated/α-hetero) is 2. The summed E-state index contributed by atoms with van der Waals surface area (Å²) in [6.45, 7) is 4.27. The maximum atomic E-state index is 13.9. The summed E-state index contributed by atoms with van der Waals surface area (Å²) in [6.07, 6.45) is -0.929. The van der Waals surface area contributed by atoms with Gasteiger partial charge in [-0.3, -0.25) is 19.2 Å². The van der Waals surface area contributed by atoms with Crippen molar-refractivity contribution in [3.63, 3.8) is 0 Å². The van der Waals surface area contributed by atoms with E-state index in [-0.39, 0.29) is 11.1 Å². The van der Waals surface area contributed by atoms with Crippen molar-refractivity contribution in [1.29, 1.82) is 0 Å². The van der Waals surface area contributed by atoms with Crippen LogP contribution >= 0.6 is 0 Å². The highest BCUT2D eigenvalue weighted by Crippen LogP contribution is 2.57. The molecule has 0 saturated carbocycles. The SMILES string of the molecule is CCOc1ccc(N2C(=O)C3C(c4ccc(C)cc4)OC4(C(=O)c5ccccc5C4=O)C3C2=O)cc1. The number of benzene rings is 3. The molecule has 3 unspecified atom stereocenters. The number of fused-ring (bicyclic) bond motifs is 3.